The summed E-state index contributed by atoms with van der Waals surface area (Å²) in [7, 11) is 0. The van der Waals surface area contributed by atoms with Crippen LogP contribution in [0.1, 0.15) is 0 Å². The van der Waals surface area contributed by atoms with Crippen LogP contribution in [0.15, 0.2) is 150 Å². The van der Waals surface area contributed by atoms with Crippen molar-refractivity contribution in [2.75, 3.05) is 0 Å². The fourth-order valence-corrected chi connectivity index (χ4v) is 7.76. The largest absolute Gasteiger partial charge is 0.551 e. The van der Waals surface area contributed by atoms with E-state index in [0.29, 0.717) is 0 Å². The van der Waals surface area contributed by atoms with Gasteiger partial charge in [0.15, 0.2) is 0 Å². The lowest BCUT2D eigenvalue weighted by molar-refractivity contribution is 0.479. The lowest BCUT2D eigenvalue weighted by Gasteiger charge is -2.33. The highest BCUT2D eigenvalue weighted by molar-refractivity contribution is 6.84. The van der Waals surface area contributed by atoms with Crippen LogP contribution >= 0.6 is 0 Å². The Balaban J connectivity index is 1.14. The van der Waals surface area contributed by atoms with Crippen LogP contribution in [0.25, 0.3) is 71.7 Å². The topological polar surface area (TPSA) is 36.5 Å². The maximum absolute atomic E-state index is 6.94. The number of furan rings is 1. The van der Waals surface area contributed by atoms with E-state index in [1.165, 1.54) is 21.8 Å². The number of nitrogens with zero attached hydrogens (tertiary/aromatic N) is 1. The molecule has 0 bridgehead atoms. The molecule has 2 aromatic heterocycles. The summed E-state index contributed by atoms with van der Waals surface area (Å²) in [4.78, 5) is 0. The first-order valence-electron chi connectivity index (χ1n) is 15.9. The molecule has 0 saturated carbocycles. The monoisotopic (exact) mass is 601 g/mol. The first kappa shape index (κ1) is 25.0. The Labute approximate surface area is 270 Å². The van der Waals surface area contributed by atoms with E-state index in [-0.39, 0.29) is 6.92 Å². The van der Waals surface area contributed by atoms with Gasteiger partial charge in [-0.15, -0.1) is 0 Å². The van der Waals surface area contributed by atoms with Crippen molar-refractivity contribution in [3.05, 3.63) is 146 Å². The van der Waals surface area contributed by atoms with E-state index in [2.05, 4.69) is 126 Å². The predicted molar refractivity (Wildman–Crippen MR) is 191 cm³/mol. The third kappa shape index (κ3) is 3.48. The highest BCUT2D eigenvalue weighted by Crippen LogP contribution is 2.44. The zero-order valence-corrected chi connectivity index (χ0v) is 25.1. The Morgan fingerprint density at radius 3 is 2.00 bits per heavy atom. The minimum atomic E-state index is -0.278. The van der Waals surface area contributed by atoms with Gasteiger partial charge in [-0.25, -0.2) is 0 Å². The van der Waals surface area contributed by atoms with Crippen LogP contribution < -0.4 is 20.3 Å². The molecule has 5 heteroatoms. The van der Waals surface area contributed by atoms with Gasteiger partial charge in [-0.05, 0) is 65.2 Å². The molecule has 0 aliphatic carbocycles. The van der Waals surface area contributed by atoms with Gasteiger partial charge in [-0.1, -0.05) is 91.0 Å². The summed E-state index contributed by atoms with van der Waals surface area (Å²) in [5.41, 5.74) is 11.7. The molecule has 0 N–H and O–H groups in total. The number of benzene rings is 7. The number of fused-ring (bicyclic) bond motifs is 10. The van der Waals surface area contributed by atoms with Crippen molar-refractivity contribution in [3.63, 3.8) is 0 Å². The van der Waals surface area contributed by atoms with Gasteiger partial charge in [-0.2, -0.15) is 0 Å². The maximum Gasteiger partial charge on any atom is 0.434 e. The Kier molecular flexibility index (Phi) is 4.89. The van der Waals surface area contributed by atoms with E-state index in [4.69, 9.17) is 13.8 Å². The van der Waals surface area contributed by atoms with E-state index in [1.54, 1.807) is 0 Å². The second kappa shape index (κ2) is 9.18. The van der Waals surface area contributed by atoms with Crippen LogP contribution in [0.3, 0.4) is 0 Å². The second-order valence-electron chi connectivity index (χ2n) is 12.4. The molecule has 11 rings (SSSR count). The van der Waals surface area contributed by atoms with Gasteiger partial charge in [-0.3, -0.25) is 0 Å². The first-order valence-corrected chi connectivity index (χ1v) is 15.9. The molecule has 4 heterocycles. The minimum absolute atomic E-state index is 0.278. The molecule has 4 nitrogen and oxygen atoms in total. The Bertz CT molecular complexity index is 2720. The summed E-state index contributed by atoms with van der Waals surface area (Å²) in [5.74, 6) is 2.52. The molecule has 0 spiro atoms. The summed E-state index contributed by atoms with van der Waals surface area (Å²) >= 11 is 0. The van der Waals surface area contributed by atoms with Crippen LogP contribution in [0.2, 0.25) is 0 Å². The van der Waals surface area contributed by atoms with E-state index in [9.17, 15) is 0 Å². The number of rotatable bonds is 2. The number of hydrogen-bond acceptors (Lipinski definition) is 3. The zero-order chi connectivity index (χ0) is 30.6. The van der Waals surface area contributed by atoms with E-state index < -0.39 is 0 Å². The highest BCUT2D eigenvalue weighted by atomic mass is 16.5. The molecule has 2 aliphatic rings. The lowest BCUT2D eigenvalue weighted by Crippen LogP contribution is -2.53. The molecule has 0 atom stereocenters. The summed E-state index contributed by atoms with van der Waals surface area (Å²) in [5, 5.41) is 4.70. The van der Waals surface area contributed by atoms with Crippen molar-refractivity contribution in [1.82, 2.24) is 4.57 Å². The summed E-state index contributed by atoms with van der Waals surface area (Å²) < 4.78 is 22.1. The molecule has 0 saturated heterocycles. The smallest absolute Gasteiger partial charge is 0.434 e. The van der Waals surface area contributed by atoms with Crippen LogP contribution in [0.4, 0.5) is 0 Å². The quantitative estimate of drug-likeness (QED) is 0.185. The minimum Gasteiger partial charge on any atom is -0.551 e. The molecule has 218 valence electrons. The average Bonchev–Trinajstić information content (AvgIpc) is 3.67. The van der Waals surface area contributed by atoms with Crippen LogP contribution in [-0.2, 0) is 0 Å². The van der Waals surface area contributed by atoms with Crippen molar-refractivity contribution in [1.29, 1.82) is 0 Å². The average molecular weight is 601 g/mol. The van der Waals surface area contributed by atoms with Crippen molar-refractivity contribution < 1.29 is 13.8 Å². The standard InChI is InChI=1S/C42H24BNO3/c1-5-13-35-28(9-1)29-10-2-6-14-36(29)44(35)27-23-33-31-19-17-26(25-18-20-38-32(21-25)30-11-3-7-15-37(30)45-38)22-40(31)47-43-34-12-4-8-16-39(34)46-41(24-27)42(33)43/h1-24H. The zero-order valence-electron chi connectivity index (χ0n) is 25.1. The normalized spacial score (nSPS) is 13.0. The Morgan fingerprint density at radius 2 is 1.15 bits per heavy atom. The maximum atomic E-state index is 6.94. The van der Waals surface area contributed by atoms with Gasteiger partial charge in [0.05, 0.1) is 16.7 Å². The molecule has 7 aromatic carbocycles. The summed E-state index contributed by atoms with van der Waals surface area (Å²) in [6.45, 7) is -0.278. The van der Waals surface area contributed by atoms with E-state index in [1.807, 2.05) is 24.3 Å². The number of para-hydroxylation sites is 4. The Morgan fingerprint density at radius 1 is 0.468 bits per heavy atom. The molecule has 0 amide bonds. The van der Waals surface area contributed by atoms with Gasteiger partial charge >= 0.3 is 6.92 Å². The third-order valence-electron chi connectivity index (χ3n) is 9.88. The molecule has 9 aromatic rings. The van der Waals surface area contributed by atoms with Crippen molar-refractivity contribution in [2.24, 2.45) is 0 Å². The molecule has 0 unspecified atom stereocenters. The molecular weight excluding hydrogens is 577 g/mol. The molecular formula is C42H24BNO3. The molecule has 0 radical (unpaired) electrons. The summed E-state index contributed by atoms with van der Waals surface area (Å²) in [6, 6.07) is 51.2. The van der Waals surface area contributed by atoms with Gasteiger partial charge in [0.25, 0.3) is 0 Å². The lowest BCUT2D eigenvalue weighted by atomic mass is 9.51. The van der Waals surface area contributed by atoms with Crippen LogP contribution in [-0.4, -0.2) is 11.5 Å². The van der Waals surface area contributed by atoms with E-state index in [0.717, 1.165) is 78.1 Å². The van der Waals surface area contributed by atoms with Gasteiger partial charge in [0.2, 0.25) is 0 Å². The third-order valence-corrected chi connectivity index (χ3v) is 9.88. The van der Waals surface area contributed by atoms with Crippen molar-refractivity contribution in [3.8, 4) is 45.2 Å². The van der Waals surface area contributed by atoms with Crippen LogP contribution in [0, 0.1) is 0 Å². The Hall–Kier alpha value is -6.20. The molecule has 47 heavy (non-hydrogen) atoms. The van der Waals surface area contributed by atoms with E-state index >= 15 is 0 Å². The van der Waals surface area contributed by atoms with Crippen molar-refractivity contribution in [2.45, 2.75) is 0 Å². The number of ether oxygens (including phenoxy) is 1. The number of aromatic nitrogens is 1. The SMILES string of the molecule is c1ccc2c(c1)Oc1cc(-n3c4ccccc4c4ccccc43)cc3c1B2Oc1cc(-c2ccc4oc5ccccc5c4c2)ccc1-3. The molecule has 0 fully saturated rings. The van der Waals surface area contributed by atoms with Crippen LogP contribution in [0.5, 0.6) is 17.2 Å². The predicted octanol–water partition coefficient (Wildman–Crippen LogP) is 9.62. The van der Waals surface area contributed by atoms with Gasteiger partial charge in [0, 0.05) is 44.1 Å². The summed E-state index contributed by atoms with van der Waals surface area (Å²) in [6.07, 6.45) is 0. The fraction of sp³-hybridized carbons (Fsp3) is 0. The first-order chi connectivity index (χ1) is 23.3. The van der Waals surface area contributed by atoms with Gasteiger partial charge < -0.3 is 18.4 Å². The number of hydrogen-bond donors (Lipinski definition) is 0. The molecule has 2 aliphatic heterocycles. The second-order valence-corrected chi connectivity index (χ2v) is 12.4. The van der Waals surface area contributed by atoms with Gasteiger partial charge in [0.1, 0.15) is 28.4 Å². The van der Waals surface area contributed by atoms with Crippen molar-refractivity contribution >= 4 is 61.6 Å². The highest BCUT2D eigenvalue weighted by Gasteiger charge is 2.41. The fourth-order valence-electron chi connectivity index (χ4n) is 7.76.